The molecule has 0 saturated carbocycles. The Morgan fingerprint density at radius 3 is 2.50 bits per heavy atom. The first-order valence-electron chi connectivity index (χ1n) is 4.44. The van der Waals surface area contributed by atoms with Gasteiger partial charge >= 0.3 is 25.4 Å². The molecule has 0 aromatic carbocycles. The van der Waals surface area contributed by atoms with Gasteiger partial charge in [0.15, 0.2) is 6.10 Å². The predicted molar refractivity (Wildman–Crippen MR) is 45.5 cm³/mol. The number of rotatable bonds is 1. The van der Waals surface area contributed by atoms with Crippen molar-refractivity contribution in [1.29, 1.82) is 0 Å². The summed E-state index contributed by atoms with van der Waals surface area (Å²) in [5.74, 6) is -4.38. The van der Waals surface area contributed by atoms with Crippen molar-refractivity contribution in [2.24, 2.45) is 0 Å². The lowest BCUT2D eigenvalue weighted by Gasteiger charge is -2.26. The Kier molecular flexibility index (Phi) is 4.17. The van der Waals surface area contributed by atoms with Crippen LogP contribution in [-0.4, -0.2) is 44.6 Å². The minimum Gasteiger partial charge on any atom is -0.473 e. The van der Waals surface area contributed by atoms with Crippen molar-refractivity contribution >= 4 is 25.2 Å². The van der Waals surface area contributed by atoms with Gasteiger partial charge in [0, 0.05) is 0 Å². The summed E-state index contributed by atoms with van der Waals surface area (Å²) in [6.07, 6.45) is -8.35. The van der Waals surface area contributed by atoms with Crippen LogP contribution in [-0.2, 0) is 33.1 Å². The van der Waals surface area contributed by atoms with Crippen LogP contribution in [0, 0.1) is 0 Å². The molecule has 0 bridgehead atoms. The third kappa shape index (κ3) is 3.62. The van der Waals surface area contributed by atoms with Crippen molar-refractivity contribution in [3.8, 4) is 0 Å². The number of carbonyl (C=O) groups is 3. The van der Waals surface area contributed by atoms with Crippen LogP contribution in [0.4, 0.5) is 13.2 Å². The molecule has 0 aromatic rings. The molecule has 1 atom stereocenters. The molecule has 1 unspecified atom stereocenters. The standard InChI is InChI=1S/C7H6BF3O7/c1-15-5(13)6(14)18-8-16-3(7(9,10)11)2-4(12)17-8/h3H,2H2,1H3. The summed E-state index contributed by atoms with van der Waals surface area (Å²) in [6, 6.07) is 0. The predicted octanol–water partition coefficient (Wildman–Crippen LogP) is -0.418. The smallest absolute Gasteiger partial charge is 0.473 e. The van der Waals surface area contributed by atoms with Crippen LogP contribution in [0.15, 0.2) is 0 Å². The van der Waals surface area contributed by atoms with Crippen molar-refractivity contribution in [2.45, 2.75) is 18.7 Å². The minimum absolute atomic E-state index is 0.857. The van der Waals surface area contributed by atoms with Crippen molar-refractivity contribution in [3.63, 3.8) is 0 Å². The molecule has 11 heteroatoms. The van der Waals surface area contributed by atoms with E-state index in [1.54, 1.807) is 0 Å². The van der Waals surface area contributed by atoms with Gasteiger partial charge in [-0.2, -0.15) is 13.2 Å². The Bertz CT molecular complexity index is 369. The van der Waals surface area contributed by atoms with Gasteiger partial charge in [-0.05, 0) is 0 Å². The second kappa shape index (κ2) is 5.25. The number of esters is 1. The number of ether oxygens (including phenoxy) is 1. The highest BCUT2D eigenvalue weighted by atomic mass is 19.4. The van der Waals surface area contributed by atoms with E-state index in [0.29, 0.717) is 0 Å². The highest BCUT2D eigenvalue weighted by Gasteiger charge is 2.52. The lowest BCUT2D eigenvalue weighted by molar-refractivity contribution is -0.218. The minimum atomic E-state index is -4.82. The van der Waals surface area contributed by atoms with Gasteiger partial charge < -0.3 is 18.7 Å². The topological polar surface area (TPSA) is 88.1 Å². The van der Waals surface area contributed by atoms with Crippen LogP contribution in [0.2, 0.25) is 0 Å². The zero-order valence-corrected chi connectivity index (χ0v) is 8.85. The van der Waals surface area contributed by atoms with E-state index in [-0.39, 0.29) is 0 Å². The maximum Gasteiger partial charge on any atom is 0.792 e. The first-order valence-corrected chi connectivity index (χ1v) is 4.44. The van der Waals surface area contributed by atoms with Gasteiger partial charge in [0.1, 0.15) is 0 Å². The molecule has 7 nitrogen and oxygen atoms in total. The molecule has 0 N–H and O–H groups in total. The molecule has 1 saturated heterocycles. The average molecular weight is 270 g/mol. The van der Waals surface area contributed by atoms with E-state index in [1.165, 1.54) is 0 Å². The third-order valence-electron chi connectivity index (χ3n) is 1.78. The number of methoxy groups -OCH3 is 1. The van der Waals surface area contributed by atoms with Crippen LogP contribution >= 0.6 is 0 Å². The molecule has 1 aliphatic rings. The molecule has 1 rings (SSSR count). The fraction of sp³-hybridized carbons (Fsp3) is 0.571. The van der Waals surface area contributed by atoms with Crippen molar-refractivity contribution in [2.75, 3.05) is 7.11 Å². The summed E-state index contributed by atoms with van der Waals surface area (Å²) in [5.41, 5.74) is 0. The van der Waals surface area contributed by atoms with Crippen LogP contribution in [0.5, 0.6) is 0 Å². The molecular weight excluding hydrogens is 264 g/mol. The highest BCUT2D eigenvalue weighted by Crippen LogP contribution is 2.29. The maximum absolute atomic E-state index is 12.3. The van der Waals surface area contributed by atoms with E-state index in [4.69, 9.17) is 0 Å². The van der Waals surface area contributed by atoms with Gasteiger partial charge in [-0.3, -0.25) is 4.79 Å². The summed E-state index contributed by atoms with van der Waals surface area (Å²) >= 11 is 0. The normalized spacial score (nSPS) is 20.1. The molecule has 1 aliphatic heterocycles. The number of halogens is 3. The van der Waals surface area contributed by atoms with Crippen LogP contribution < -0.4 is 0 Å². The lowest BCUT2D eigenvalue weighted by atomic mass is 10.1. The van der Waals surface area contributed by atoms with E-state index < -0.39 is 43.9 Å². The Morgan fingerprint density at radius 2 is 2.00 bits per heavy atom. The summed E-state index contributed by atoms with van der Waals surface area (Å²) in [5, 5.41) is 0. The fourth-order valence-electron chi connectivity index (χ4n) is 0.980. The van der Waals surface area contributed by atoms with E-state index in [9.17, 15) is 27.6 Å². The second-order valence-electron chi connectivity index (χ2n) is 3.05. The fourth-order valence-corrected chi connectivity index (χ4v) is 0.980. The molecule has 18 heavy (non-hydrogen) atoms. The molecule has 0 radical (unpaired) electrons. The second-order valence-corrected chi connectivity index (χ2v) is 3.05. The maximum atomic E-state index is 12.3. The Labute approximate surface area is 98.3 Å². The summed E-state index contributed by atoms with van der Waals surface area (Å²) in [6.45, 7) is 0. The molecule has 0 aromatic heterocycles. The molecular formula is C7H6BF3O7. The Hall–Kier alpha value is -1.78. The van der Waals surface area contributed by atoms with Crippen LogP contribution in [0.3, 0.4) is 0 Å². The van der Waals surface area contributed by atoms with Gasteiger partial charge in [0.05, 0.1) is 13.5 Å². The largest absolute Gasteiger partial charge is 0.792 e. The monoisotopic (exact) mass is 270 g/mol. The molecule has 1 fully saturated rings. The van der Waals surface area contributed by atoms with E-state index >= 15 is 0 Å². The number of alkyl halides is 3. The summed E-state index contributed by atoms with van der Waals surface area (Å²) in [4.78, 5) is 32.3. The van der Waals surface area contributed by atoms with E-state index in [1.807, 2.05) is 0 Å². The number of hydrogen-bond donors (Lipinski definition) is 0. The third-order valence-corrected chi connectivity index (χ3v) is 1.78. The van der Waals surface area contributed by atoms with Gasteiger partial charge in [-0.1, -0.05) is 0 Å². The molecule has 1 heterocycles. The SMILES string of the molecule is COC(=O)C(=O)OB1OC(=O)CC(C(F)(F)F)O1. The first kappa shape index (κ1) is 14.3. The Balaban J connectivity index is 2.64. The number of hydrogen-bond acceptors (Lipinski definition) is 7. The molecule has 100 valence electrons. The zero-order chi connectivity index (χ0) is 13.9. The molecule has 0 aliphatic carbocycles. The van der Waals surface area contributed by atoms with Crippen molar-refractivity contribution < 1.29 is 46.3 Å². The summed E-state index contributed by atoms with van der Waals surface area (Å²) in [7, 11) is -1.37. The van der Waals surface area contributed by atoms with Crippen molar-refractivity contribution in [3.05, 3.63) is 0 Å². The number of carbonyl (C=O) groups excluding carboxylic acids is 3. The Morgan fingerprint density at radius 1 is 1.39 bits per heavy atom. The summed E-state index contributed by atoms with van der Waals surface area (Å²) < 4.78 is 53.2. The quantitative estimate of drug-likeness (QED) is 0.363. The van der Waals surface area contributed by atoms with Gasteiger partial charge in [0.2, 0.25) is 0 Å². The molecule has 0 amide bonds. The highest BCUT2D eigenvalue weighted by molar-refractivity contribution is 6.47. The van der Waals surface area contributed by atoms with Crippen LogP contribution in [0.1, 0.15) is 6.42 Å². The zero-order valence-electron chi connectivity index (χ0n) is 8.85. The van der Waals surface area contributed by atoms with Crippen LogP contribution in [0.25, 0.3) is 0 Å². The van der Waals surface area contributed by atoms with E-state index in [0.717, 1.165) is 7.11 Å². The molecule has 0 spiro atoms. The van der Waals surface area contributed by atoms with E-state index in [2.05, 4.69) is 18.7 Å². The van der Waals surface area contributed by atoms with Crippen molar-refractivity contribution in [1.82, 2.24) is 0 Å². The lowest BCUT2D eigenvalue weighted by Crippen LogP contribution is -2.48. The van der Waals surface area contributed by atoms with Gasteiger partial charge in [0.25, 0.3) is 5.97 Å². The van der Waals surface area contributed by atoms with Gasteiger partial charge in [-0.15, -0.1) is 0 Å². The van der Waals surface area contributed by atoms with Gasteiger partial charge in [-0.25, -0.2) is 9.59 Å². The average Bonchev–Trinajstić information content (AvgIpc) is 2.25. The first-order chi connectivity index (χ1) is 8.24.